The van der Waals surface area contributed by atoms with Crippen molar-refractivity contribution in [1.29, 1.82) is 0 Å². The van der Waals surface area contributed by atoms with Crippen LogP contribution in [0.1, 0.15) is 24.5 Å². The minimum absolute atomic E-state index is 0.201. The second-order valence-electron chi connectivity index (χ2n) is 7.52. The Balaban J connectivity index is 1.20. The van der Waals surface area contributed by atoms with Crippen LogP contribution in [0, 0.1) is 0 Å². The Hall–Kier alpha value is -2.24. The largest absolute Gasteiger partial charge is 0.454 e. The lowest BCUT2D eigenvalue weighted by molar-refractivity contribution is -0.0481. The number of ether oxygens (including phenoxy) is 3. The molecular formula is C22H26N2O3. The van der Waals surface area contributed by atoms with Crippen molar-refractivity contribution in [2.75, 3.05) is 44.5 Å². The summed E-state index contributed by atoms with van der Waals surface area (Å²) in [4.78, 5) is 5.10. The molecule has 2 saturated heterocycles. The van der Waals surface area contributed by atoms with Gasteiger partial charge in [0.25, 0.3) is 0 Å². The van der Waals surface area contributed by atoms with Crippen molar-refractivity contribution < 1.29 is 14.2 Å². The standard InChI is InChI=1S/C22H26N2O3/c1-2-4-17(5-3-1)22-15-24(12-13-25-22)18-8-10-23(11-9-18)19-6-7-20-21(14-19)27-16-26-20/h1-7,14,18,22H,8-13,15-16H2. The first-order valence-electron chi connectivity index (χ1n) is 9.92. The van der Waals surface area contributed by atoms with E-state index in [-0.39, 0.29) is 6.10 Å². The summed E-state index contributed by atoms with van der Waals surface area (Å²) in [6, 6.07) is 17.5. The number of morpholine rings is 1. The van der Waals surface area contributed by atoms with E-state index in [2.05, 4.69) is 52.3 Å². The minimum Gasteiger partial charge on any atom is -0.454 e. The Kier molecular flexibility index (Phi) is 4.64. The zero-order valence-electron chi connectivity index (χ0n) is 15.5. The van der Waals surface area contributed by atoms with E-state index in [0.717, 1.165) is 44.3 Å². The normalized spacial score (nSPS) is 23.6. The Morgan fingerprint density at radius 3 is 2.52 bits per heavy atom. The molecule has 3 heterocycles. The molecule has 1 atom stereocenters. The van der Waals surface area contributed by atoms with Gasteiger partial charge in [0.15, 0.2) is 11.5 Å². The van der Waals surface area contributed by atoms with Gasteiger partial charge < -0.3 is 19.1 Å². The Morgan fingerprint density at radius 1 is 0.852 bits per heavy atom. The van der Waals surface area contributed by atoms with Gasteiger partial charge in [-0.05, 0) is 30.5 Å². The van der Waals surface area contributed by atoms with Crippen LogP contribution < -0.4 is 14.4 Å². The maximum absolute atomic E-state index is 6.04. The maximum atomic E-state index is 6.04. The van der Waals surface area contributed by atoms with Crippen molar-refractivity contribution in [3.8, 4) is 11.5 Å². The third-order valence-electron chi connectivity index (χ3n) is 5.97. The number of hydrogen-bond acceptors (Lipinski definition) is 5. The molecule has 0 bridgehead atoms. The van der Waals surface area contributed by atoms with Crippen molar-refractivity contribution in [3.05, 3.63) is 54.1 Å². The van der Waals surface area contributed by atoms with Crippen LogP contribution in [-0.4, -0.2) is 50.5 Å². The third kappa shape index (κ3) is 3.49. The number of anilines is 1. The molecule has 2 aromatic rings. The summed E-state index contributed by atoms with van der Waals surface area (Å²) in [5.41, 5.74) is 2.53. The molecule has 0 saturated carbocycles. The van der Waals surface area contributed by atoms with Crippen LogP contribution in [0.5, 0.6) is 11.5 Å². The van der Waals surface area contributed by atoms with Gasteiger partial charge in [0.05, 0.1) is 12.7 Å². The van der Waals surface area contributed by atoms with E-state index >= 15 is 0 Å². The lowest BCUT2D eigenvalue weighted by Crippen LogP contribution is -2.49. The van der Waals surface area contributed by atoms with Crippen molar-refractivity contribution in [2.45, 2.75) is 25.0 Å². The van der Waals surface area contributed by atoms with E-state index in [0.29, 0.717) is 12.8 Å². The van der Waals surface area contributed by atoms with Gasteiger partial charge >= 0.3 is 0 Å². The fourth-order valence-corrected chi connectivity index (χ4v) is 4.44. The highest BCUT2D eigenvalue weighted by Gasteiger charge is 2.30. The van der Waals surface area contributed by atoms with Crippen molar-refractivity contribution >= 4 is 5.69 Å². The number of fused-ring (bicyclic) bond motifs is 1. The predicted molar refractivity (Wildman–Crippen MR) is 105 cm³/mol. The molecule has 5 heteroatoms. The predicted octanol–water partition coefficient (Wildman–Crippen LogP) is 3.46. The lowest BCUT2D eigenvalue weighted by atomic mass is 10.00. The average Bonchev–Trinajstić information content (AvgIpc) is 3.22. The number of rotatable bonds is 3. The molecule has 0 aromatic heterocycles. The molecule has 142 valence electrons. The van der Waals surface area contributed by atoms with Crippen LogP contribution in [0.2, 0.25) is 0 Å². The van der Waals surface area contributed by atoms with E-state index in [9.17, 15) is 0 Å². The van der Waals surface area contributed by atoms with E-state index in [1.54, 1.807) is 0 Å². The SMILES string of the molecule is c1ccc(C2CN(C3CCN(c4ccc5c(c4)OCO5)CC3)CCO2)cc1. The fraction of sp³-hybridized carbons (Fsp3) is 0.455. The quantitative estimate of drug-likeness (QED) is 0.831. The summed E-state index contributed by atoms with van der Waals surface area (Å²) in [7, 11) is 0. The van der Waals surface area contributed by atoms with E-state index < -0.39 is 0 Å². The number of benzene rings is 2. The topological polar surface area (TPSA) is 34.2 Å². The first-order valence-corrected chi connectivity index (χ1v) is 9.92. The van der Waals surface area contributed by atoms with Gasteiger partial charge in [-0.2, -0.15) is 0 Å². The van der Waals surface area contributed by atoms with Gasteiger partial charge in [-0.3, -0.25) is 4.90 Å². The number of nitrogens with zero attached hydrogens (tertiary/aromatic N) is 2. The van der Waals surface area contributed by atoms with E-state index in [1.807, 2.05) is 6.07 Å². The highest BCUT2D eigenvalue weighted by molar-refractivity contribution is 5.57. The number of piperidine rings is 1. The second-order valence-corrected chi connectivity index (χ2v) is 7.52. The highest BCUT2D eigenvalue weighted by atomic mass is 16.7. The summed E-state index contributed by atoms with van der Waals surface area (Å²) in [6.45, 7) is 5.36. The molecule has 5 nitrogen and oxygen atoms in total. The molecule has 1 unspecified atom stereocenters. The molecule has 3 aliphatic heterocycles. The van der Waals surface area contributed by atoms with Crippen molar-refractivity contribution in [1.82, 2.24) is 4.90 Å². The van der Waals surface area contributed by atoms with Crippen LogP contribution in [0.15, 0.2) is 48.5 Å². The van der Waals surface area contributed by atoms with E-state index in [1.165, 1.54) is 24.1 Å². The van der Waals surface area contributed by atoms with Gasteiger partial charge in [-0.25, -0.2) is 0 Å². The fourth-order valence-electron chi connectivity index (χ4n) is 4.44. The smallest absolute Gasteiger partial charge is 0.231 e. The average molecular weight is 366 g/mol. The van der Waals surface area contributed by atoms with Crippen LogP contribution in [0.4, 0.5) is 5.69 Å². The van der Waals surface area contributed by atoms with Gasteiger partial charge in [0.1, 0.15) is 0 Å². The third-order valence-corrected chi connectivity index (χ3v) is 5.97. The second kappa shape index (κ2) is 7.41. The molecule has 0 radical (unpaired) electrons. The molecule has 27 heavy (non-hydrogen) atoms. The summed E-state index contributed by atoms with van der Waals surface area (Å²) in [5.74, 6) is 1.72. The van der Waals surface area contributed by atoms with Crippen LogP contribution in [-0.2, 0) is 4.74 Å². The molecule has 2 fully saturated rings. The molecule has 0 aliphatic carbocycles. The Labute approximate surface area is 160 Å². The van der Waals surface area contributed by atoms with Crippen molar-refractivity contribution in [2.24, 2.45) is 0 Å². The summed E-state index contributed by atoms with van der Waals surface area (Å²) in [6.07, 6.45) is 2.58. The van der Waals surface area contributed by atoms with Crippen LogP contribution in [0.3, 0.4) is 0 Å². The summed E-state index contributed by atoms with van der Waals surface area (Å²) in [5, 5.41) is 0. The Morgan fingerprint density at radius 2 is 1.67 bits per heavy atom. The monoisotopic (exact) mass is 366 g/mol. The molecule has 5 rings (SSSR count). The summed E-state index contributed by atoms with van der Waals surface area (Å²) < 4.78 is 17.0. The minimum atomic E-state index is 0.201. The zero-order valence-corrected chi connectivity index (χ0v) is 15.5. The highest BCUT2D eigenvalue weighted by Crippen LogP contribution is 2.36. The number of hydrogen-bond donors (Lipinski definition) is 0. The molecule has 0 spiro atoms. The molecule has 3 aliphatic rings. The summed E-state index contributed by atoms with van der Waals surface area (Å²) >= 11 is 0. The lowest BCUT2D eigenvalue weighted by Gasteiger charge is -2.43. The van der Waals surface area contributed by atoms with Crippen LogP contribution in [0.25, 0.3) is 0 Å². The van der Waals surface area contributed by atoms with Gasteiger partial charge in [-0.15, -0.1) is 0 Å². The van der Waals surface area contributed by atoms with Crippen LogP contribution >= 0.6 is 0 Å². The molecule has 0 N–H and O–H groups in total. The maximum Gasteiger partial charge on any atom is 0.231 e. The van der Waals surface area contributed by atoms with Gasteiger partial charge in [0.2, 0.25) is 6.79 Å². The van der Waals surface area contributed by atoms with Gasteiger partial charge in [-0.1, -0.05) is 30.3 Å². The van der Waals surface area contributed by atoms with Crippen molar-refractivity contribution in [3.63, 3.8) is 0 Å². The first-order chi connectivity index (χ1) is 13.4. The first kappa shape index (κ1) is 16.9. The van der Waals surface area contributed by atoms with Gasteiger partial charge in [0, 0.05) is 44.0 Å². The molecule has 2 aromatic carbocycles. The Bertz CT molecular complexity index is 774. The molecular weight excluding hydrogens is 340 g/mol. The van der Waals surface area contributed by atoms with E-state index in [4.69, 9.17) is 14.2 Å². The molecule has 0 amide bonds. The zero-order chi connectivity index (χ0) is 18.1.